The largest absolute Gasteiger partial charge is 0.421 e. The smallest absolute Gasteiger partial charge is 0.334 e. The van der Waals surface area contributed by atoms with E-state index in [1.807, 2.05) is 0 Å². The Morgan fingerprint density at radius 3 is 2.07 bits per heavy atom. The van der Waals surface area contributed by atoms with Crippen molar-refractivity contribution in [2.75, 3.05) is 21.3 Å². The molecule has 15 heavy (non-hydrogen) atoms. The van der Waals surface area contributed by atoms with Crippen LogP contribution in [0.2, 0.25) is 18.6 Å². The van der Waals surface area contributed by atoms with E-state index in [4.69, 9.17) is 13.3 Å². The first-order valence-corrected chi connectivity index (χ1v) is 9.18. The number of hydrogen-bond donors (Lipinski definition) is 0. The second kappa shape index (κ2) is 9.53. The summed E-state index contributed by atoms with van der Waals surface area (Å²) in [6, 6.07) is 2.31. The maximum atomic E-state index is 5.43. The molecule has 0 saturated carbocycles. The molecule has 0 fully saturated rings. The van der Waals surface area contributed by atoms with Crippen molar-refractivity contribution in [1.82, 2.24) is 0 Å². The van der Waals surface area contributed by atoms with Gasteiger partial charge in [-0.15, -0.1) is 0 Å². The second-order valence-corrected chi connectivity index (χ2v) is 8.59. The summed E-state index contributed by atoms with van der Waals surface area (Å²) in [7, 11) is 4.17. The average molecular weight is 248 g/mol. The van der Waals surface area contributed by atoms with Crippen molar-refractivity contribution in [3.63, 3.8) is 0 Å². The molecular formula is C10H24O3Si2. The molecule has 0 spiro atoms. The van der Waals surface area contributed by atoms with E-state index >= 15 is 0 Å². The quantitative estimate of drug-likeness (QED) is 0.439. The molecule has 5 heteroatoms. The highest BCUT2D eigenvalue weighted by molar-refractivity contribution is 6.65. The first-order valence-electron chi connectivity index (χ1n) is 5.54. The fourth-order valence-corrected chi connectivity index (χ4v) is 3.45. The Balaban J connectivity index is 3.29. The van der Waals surface area contributed by atoms with E-state index in [1.165, 1.54) is 31.7 Å². The highest BCUT2D eigenvalue weighted by Crippen LogP contribution is 2.16. The lowest BCUT2D eigenvalue weighted by Crippen LogP contribution is -2.35. The molecule has 0 saturated heterocycles. The molecule has 0 N–H and O–H groups in total. The van der Waals surface area contributed by atoms with Gasteiger partial charge in [-0.05, 0) is 18.6 Å². The fourth-order valence-electron chi connectivity index (χ4n) is 1.39. The predicted octanol–water partition coefficient (Wildman–Crippen LogP) is 2.60. The highest BCUT2D eigenvalue weighted by Gasteiger charge is 2.27. The Labute approximate surface area is 97.7 Å². The molecule has 0 aromatic carbocycles. The van der Waals surface area contributed by atoms with Gasteiger partial charge < -0.3 is 13.3 Å². The van der Waals surface area contributed by atoms with E-state index in [1.54, 1.807) is 21.3 Å². The lowest BCUT2D eigenvalue weighted by Gasteiger charge is -2.22. The Morgan fingerprint density at radius 2 is 1.53 bits per heavy atom. The van der Waals surface area contributed by atoms with Gasteiger partial charge in [-0.25, -0.2) is 0 Å². The van der Waals surface area contributed by atoms with Crippen molar-refractivity contribution in [2.45, 2.75) is 44.3 Å². The van der Waals surface area contributed by atoms with Gasteiger partial charge in [-0.3, -0.25) is 0 Å². The van der Waals surface area contributed by atoms with E-state index in [0.29, 0.717) is 9.76 Å². The summed E-state index contributed by atoms with van der Waals surface area (Å²) in [6.07, 6.45) is 5.09. The molecule has 0 aliphatic heterocycles. The van der Waals surface area contributed by atoms with E-state index < -0.39 is 8.56 Å². The topological polar surface area (TPSA) is 27.7 Å². The van der Waals surface area contributed by atoms with Crippen molar-refractivity contribution < 1.29 is 13.3 Å². The van der Waals surface area contributed by atoms with Crippen LogP contribution in [0.15, 0.2) is 0 Å². The molecule has 0 rings (SSSR count). The molecule has 3 nitrogen and oxygen atoms in total. The standard InChI is InChI=1S/C10H24O3Si2/c1-11-14-9-7-5-6-8-10-15(4,12-2)13-3/h5-10H2,1-4H3. The van der Waals surface area contributed by atoms with Gasteiger partial charge in [0.2, 0.25) is 9.76 Å². The molecule has 0 aromatic rings. The minimum absolute atomic E-state index is 0.675. The number of unbranched alkanes of at least 4 members (excludes halogenated alkanes) is 3. The van der Waals surface area contributed by atoms with E-state index in [9.17, 15) is 0 Å². The van der Waals surface area contributed by atoms with Crippen molar-refractivity contribution in [3.05, 3.63) is 0 Å². The average Bonchev–Trinajstić information content (AvgIpc) is 2.27. The van der Waals surface area contributed by atoms with Crippen LogP contribution in [0.5, 0.6) is 0 Å². The third-order valence-electron chi connectivity index (χ3n) is 2.67. The van der Waals surface area contributed by atoms with Crippen LogP contribution >= 0.6 is 0 Å². The summed E-state index contributed by atoms with van der Waals surface area (Å²) < 4.78 is 15.9. The maximum Gasteiger partial charge on any atom is 0.334 e. The molecule has 90 valence electrons. The van der Waals surface area contributed by atoms with Crippen LogP contribution in [0.25, 0.3) is 0 Å². The molecule has 0 aliphatic rings. The van der Waals surface area contributed by atoms with Crippen LogP contribution in [-0.2, 0) is 13.3 Å². The van der Waals surface area contributed by atoms with Crippen molar-refractivity contribution in [1.29, 1.82) is 0 Å². The van der Waals surface area contributed by atoms with E-state index in [0.717, 1.165) is 6.04 Å². The molecule has 0 unspecified atom stereocenters. The molecule has 0 aliphatic carbocycles. The Kier molecular flexibility index (Phi) is 9.73. The highest BCUT2D eigenvalue weighted by atomic mass is 28.4. The van der Waals surface area contributed by atoms with Crippen LogP contribution in [-0.4, -0.2) is 39.7 Å². The van der Waals surface area contributed by atoms with E-state index in [-0.39, 0.29) is 0 Å². The summed E-state index contributed by atoms with van der Waals surface area (Å²) >= 11 is 0. The molecule has 0 bridgehead atoms. The summed E-state index contributed by atoms with van der Waals surface area (Å²) in [5.41, 5.74) is 0. The summed E-state index contributed by atoms with van der Waals surface area (Å²) in [6.45, 7) is 2.12. The van der Waals surface area contributed by atoms with Crippen LogP contribution in [0.1, 0.15) is 25.7 Å². The normalized spacial score (nSPS) is 12.0. The van der Waals surface area contributed by atoms with Crippen LogP contribution in [0.3, 0.4) is 0 Å². The minimum Gasteiger partial charge on any atom is -0.421 e. The van der Waals surface area contributed by atoms with Gasteiger partial charge in [0.15, 0.2) is 0 Å². The Morgan fingerprint density at radius 1 is 0.933 bits per heavy atom. The first-order chi connectivity index (χ1) is 7.18. The lowest BCUT2D eigenvalue weighted by molar-refractivity contribution is 0.248. The van der Waals surface area contributed by atoms with Gasteiger partial charge in [0.25, 0.3) is 0 Å². The third kappa shape index (κ3) is 8.16. The summed E-state index contributed by atoms with van der Waals surface area (Å²) in [5, 5.41) is 0. The summed E-state index contributed by atoms with van der Waals surface area (Å²) in [5.74, 6) is 0. The van der Waals surface area contributed by atoms with Crippen molar-refractivity contribution >= 4 is 18.3 Å². The minimum atomic E-state index is -1.80. The molecule has 2 radical (unpaired) electrons. The lowest BCUT2D eigenvalue weighted by atomic mass is 10.2. The zero-order valence-electron chi connectivity index (χ0n) is 10.5. The first kappa shape index (κ1) is 15.3. The van der Waals surface area contributed by atoms with Crippen LogP contribution < -0.4 is 0 Å². The van der Waals surface area contributed by atoms with Crippen LogP contribution in [0, 0.1) is 0 Å². The van der Waals surface area contributed by atoms with Crippen LogP contribution in [0.4, 0.5) is 0 Å². The van der Waals surface area contributed by atoms with Gasteiger partial charge in [0.05, 0.1) is 0 Å². The SMILES string of the molecule is CO[Si]CCCCCC[Si](C)(OC)OC. The monoisotopic (exact) mass is 248 g/mol. The second-order valence-electron chi connectivity index (χ2n) is 3.80. The summed E-state index contributed by atoms with van der Waals surface area (Å²) in [4.78, 5) is 0. The molecule has 0 heterocycles. The van der Waals surface area contributed by atoms with Gasteiger partial charge in [0.1, 0.15) is 0 Å². The van der Waals surface area contributed by atoms with Crippen molar-refractivity contribution in [2.24, 2.45) is 0 Å². The van der Waals surface area contributed by atoms with Crippen molar-refractivity contribution in [3.8, 4) is 0 Å². The van der Waals surface area contributed by atoms with Gasteiger partial charge >= 0.3 is 8.56 Å². The molecule has 0 amide bonds. The Hall–Kier alpha value is 0.314. The van der Waals surface area contributed by atoms with E-state index in [2.05, 4.69) is 6.55 Å². The third-order valence-corrected chi connectivity index (χ3v) is 6.50. The van der Waals surface area contributed by atoms with Gasteiger partial charge in [0, 0.05) is 21.3 Å². The zero-order chi connectivity index (χ0) is 11.6. The van der Waals surface area contributed by atoms with Gasteiger partial charge in [-0.2, -0.15) is 0 Å². The fraction of sp³-hybridized carbons (Fsp3) is 1.00. The molecule has 0 atom stereocenters. The Bertz CT molecular complexity index is 141. The number of rotatable bonds is 10. The zero-order valence-corrected chi connectivity index (χ0v) is 12.5. The molecule has 0 aromatic heterocycles. The number of hydrogen-bond acceptors (Lipinski definition) is 3. The molecular weight excluding hydrogens is 224 g/mol. The maximum absolute atomic E-state index is 5.43. The predicted molar refractivity (Wildman–Crippen MR) is 66.5 cm³/mol. The van der Waals surface area contributed by atoms with Gasteiger partial charge in [-0.1, -0.05) is 25.7 Å².